The molecule has 1 N–H and O–H groups in total. The molecular formula is C15H25N3. The van der Waals surface area contributed by atoms with Crippen LogP contribution in [0.5, 0.6) is 0 Å². The van der Waals surface area contributed by atoms with Gasteiger partial charge in [0.25, 0.3) is 0 Å². The summed E-state index contributed by atoms with van der Waals surface area (Å²) in [5.74, 6) is 0. The van der Waals surface area contributed by atoms with Crippen molar-refractivity contribution >= 4 is 0 Å². The third-order valence-electron chi connectivity index (χ3n) is 3.70. The van der Waals surface area contributed by atoms with Crippen molar-refractivity contribution < 1.29 is 0 Å². The molecule has 1 aliphatic carbocycles. The lowest BCUT2D eigenvalue weighted by Gasteiger charge is -2.22. The van der Waals surface area contributed by atoms with Crippen molar-refractivity contribution in [3.63, 3.8) is 0 Å². The highest BCUT2D eigenvalue weighted by Crippen LogP contribution is 2.28. The molecule has 1 aliphatic rings. The number of nitrogens with one attached hydrogen (secondary N) is 1. The summed E-state index contributed by atoms with van der Waals surface area (Å²) in [6, 6.07) is 2.49. The van der Waals surface area contributed by atoms with E-state index >= 15 is 0 Å². The zero-order valence-electron chi connectivity index (χ0n) is 11.7. The van der Waals surface area contributed by atoms with Crippen molar-refractivity contribution in [2.75, 3.05) is 6.54 Å². The van der Waals surface area contributed by atoms with Crippen molar-refractivity contribution in [1.82, 2.24) is 15.1 Å². The Hall–Kier alpha value is -1.09. The highest BCUT2D eigenvalue weighted by atomic mass is 15.3. The molecule has 0 aromatic carbocycles. The summed E-state index contributed by atoms with van der Waals surface area (Å²) in [4.78, 5) is 0. The van der Waals surface area contributed by atoms with Crippen molar-refractivity contribution in [3.05, 3.63) is 29.6 Å². The van der Waals surface area contributed by atoms with Crippen molar-refractivity contribution in [3.8, 4) is 0 Å². The fourth-order valence-corrected chi connectivity index (χ4v) is 2.68. The van der Waals surface area contributed by atoms with E-state index < -0.39 is 0 Å². The van der Waals surface area contributed by atoms with E-state index in [4.69, 9.17) is 0 Å². The molecule has 3 nitrogen and oxygen atoms in total. The maximum Gasteiger partial charge on any atom is 0.0707 e. The Labute approximate surface area is 110 Å². The quantitative estimate of drug-likeness (QED) is 0.809. The second-order valence-corrected chi connectivity index (χ2v) is 5.15. The van der Waals surface area contributed by atoms with Crippen LogP contribution in [0.3, 0.4) is 0 Å². The highest BCUT2D eigenvalue weighted by Gasteiger charge is 2.19. The minimum Gasteiger partial charge on any atom is -0.305 e. The lowest BCUT2D eigenvalue weighted by Crippen LogP contribution is -2.26. The van der Waals surface area contributed by atoms with Gasteiger partial charge in [-0.2, -0.15) is 5.10 Å². The first-order chi connectivity index (χ1) is 8.83. The molecule has 0 amide bonds. The Morgan fingerprint density at radius 3 is 3.00 bits per heavy atom. The smallest absolute Gasteiger partial charge is 0.0707 e. The molecule has 3 heteroatoms. The number of rotatable bonds is 5. The molecule has 0 spiro atoms. The molecule has 2 rings (SSSR count). The van der Waals surface area contributed by atoms with Crippen LogP contribution >= 0.6 is 0 Å². The van der Waals surface area contributed by atoms with Gasteiger partial charge in [0.2, 0.25) is 0 Å². The van der Waals surface area contributed by atoms with E-state index in [9.17, 15) is 0 Å². The predicted octanol–water partition coefficient (Wildman–Crippen LogP) is 3.35. The molecule has 1 unspecified atom stereocenters. The first-order valence-electron chi connectivity index (χ1n) is 7.23. The highest BCUT2D eigenvalue weighted by molar-refractivity contribution is 5.23. The van der Waals surface area contributed by atoms with Crippen LogP contribution in [0.2, 0.25) is 0 Å². The molecule has 18 heavy (non-hydrogen) atoms. The van der Waals surface area contributed by atoms with Crippen LogP contribution in [0.15, 0.2) is 23.9 Å². The molecule has 1 aromatic heterocycles. The SMILES string of the molecule is CCCNC(C1=CCCCCC1)c1ccnn1C. The number of aromatic nitrogens is 2. The van der Waals surface area contributed by atoms with Crippen molar-refractivity contribution in [2.24, 2.45) is 7.05 Å². The van der Waals surface area contributed by atoms with Crippen LogP contribution in [0.25, 0.3) is 0 Å². The normalized spacial score (nSPS) is 18.2. The zero-order valence-corrected chi connectivity index (χ0v) is 11.7. The lowest BCUT2D eigenvalue weighted by atomic mass is 9.99. The van der Waals surface area contributed by atoms with Crippen LogP contribution in [0.4, 0.5) is 0 Å². The Morgan fingerprint density at radius 1 is 1.39 bits per heavy atom. The second kappa shape index (κ2) is 6.74. The molecule has 0 fully saturated rings. The third kappa shape index (κ3) is 3.22. The summed E-state index contributed by atoms with van der Waals surface area (Å²) < 4.78 is 2.00. The number of allylic oxidation sites excluding steroid dienone is 1. The molecule has 1 atom stereocenters. The molecule has 0 bridgehead atoms. The average molecular weight is 247 g/mol. The van der Waals surface area contributed by atoms with E-state index in [1.165, 1.54) is 44.2 Å². The fraction of sp³-hybridized carbons (Fsp3) is 0.667. The van der Waals surface area contributed by atoms with Gasteiger partial charge in [0.05, 0.1) is 11.7 Å². The largest absolute Gasteiger partial charge is 0.305 e. The topological polar surface area (TPSA) is 29.9 Å². The van der Waals surface area contributed by atoms with Crippen molar-refractivity contribution in [2.45, 2.75) is 51.5 Å². The number of aryl methyl sites for hydroxylation is 1. The lowest BCUT2D eigenvalue weighted by molar-refractivity contribution is 0.529. The summed E-state index contributed by atoms with van der Waals surface area (Å²) in [6.07, 6.45) is 12.0. The monoisotopic (exact) mass is 247 g/mol. The van der Waals surface area contributed by atoms with Gasteiger partial charge >= 0.3 is 0 Å². The predicted molar refractivity (Wildman–Crippen MR) is 75.4 cm³/mol. The first-order valence-corrected chi connectivity index (χ1v) is 7.23. The summed E-state index contributed by atoms with van der Waals surface area (Å²) >= 11 is 0. The van der Waals surface area contributed by atoms with E-state index in [1.54, 1.807) is 5.57 Å². The Morgan fingerprint density at radius 2 is 2.28 bits per heavy atom. The van der Waals surface area contributed by atoms with E-state index in [1.807, 2.05) is 17.9 Å². The summed E-state index contributed by atoms with van der Waals surface area (Å²) in [5, 5.41) is 7.99. The third-order valence-corrected chi connectivity index (χ3v) is 3.70. The molecule has 1 aromatic rings. The van der Waals surface area contributed by atoms with E-state index in [2.05, 4.69) is 29.5 Å². The van der Waals surface area contributed by atoms with Gasteiger partial charge in [-0.3, -0.25) is 4.68 Å². The van der Waals surface area contributed by atoms with Crippen molar-refractivity contribution in [1.29, 1.82) is 0 Å². The maximum atomic E-state index is 4.31. The minimum atomic E-state index is 0.357. The molecule has 1 heterocycles. The number of nitrogens with zero attached hydrogens (tertiary/aromatic N) is 2. The van der Waals surface area contributed by atoms with Gasteiger partial charge in [-0.05, 0) is 44.7 Å². The molecular weight excluding hydrogens is 222 g/mol. The Bertz CT molecular complexity index is 392. The Balaban J connectivity index is 2.18. The molecule has 0 saturated carbocycles. The fourth-order valence-electron chi connectivity index (χ4n) is 2.68. The van der Waals surface area contributed by atoms with Gasteiger partial charge in [-0.1, -0.05) is 25.0 Å². The van der Waals surface area contributed by atoms with Gasteiger partial charge in [0.1, 0.15) is 0 Å². The Kier molecular flexibility index (Phi) is 5.00. The average Bonchev–Trinajstić information content (AvgIpc) is 2.65. The minimum absolute atomic E-state index is 0.357. The van der Waals surface area contributed by atoms with E-state index in [0.29, 0.717) is 6.04 Å². The van der Waals surface area contributed by atoms with Gasteiger partial charge in [-0.15, -0.1) is 0 Å². The molecule has 100 valence electrons. The summed E-state index contributed by atoms with van der Waals surface area (Å²) in [7, 11) is 2.03. The second-order valence-electron chi connectivity index (χ2n) is 5.15. The molecule has 0 aliphatic heterocycles. The number of hydrogen-bond donors (Lipinski definition) is 1. The summed E-state index contributed by atoms with van der Waals surface area (Å²) in [6.45, 7) is 3.28. The van der Waals surface area contributed by atoms with Gasteiger partial charge in [0, 0.05) is 13.2 Å². The standard InChI is InChI=1S/C15H25N3/c1-3-11-16-15(14-10-12-17-18(14)2)13-8-6-4-5-7-9-13/h8,10,12,15-16H,3-7,9,11H2,1-2H3. The van der Waals surface area contributed by atoms with Crippen LogP contribution in [-0.4, -0.2) is 16.3 Å². The summed E-state index contributed by atoms with van der Waals surface area (Å²) in [5.41, 5.74) is 2.85. The molecule has 0 saturated heterocycles. The van der Waals surface area contributed by atoms with E-state index in [0.717, 1.165) is 6.54 Å². The van der Waals surface area contributed by atoms with Crippen LogP contribution in [0, 0.1) is 0 Å². The van der Waals surface area contributed by atoms with Gasteiger partial charge in [0.15, 0.2) is 0 Å². The van der Waals surface area contributed by atoms with Crippen LogP contribution in [0.1, 0.15) is 57.2 Å². The molecule has 0 radical (unpaired) electrons. The maximum absolute atomic E-state index is 4.31. The first kappa shape index (κ1) is 13.3. The van der Waals surface area contributed by atoms with Gasteiger partial charge < -0.3 is 5.32 Å². The van der Waals surface area contributed by atoms with E-state index in [-0.39, 0.29) is 0 Å². The zero-order chi connectivity index (χ0) is 12.8. The van der Waals surface area contributed by atoms with Gasteiger partial charge in [-0.25, -0.2) is 0 Å². The van der Waals surface area contributed by atoms with Crippen LogP contribution < -0.4 is 5.32 Å². The number of hydrogen-bond acceptors (Lipinski definition) is 2. The van der Waals surface area contributed by atoms with Crippen LogP contribution in [-0.2, 0) is 7.05 Å².